The van der Waals surface area contributed by atoms with Crippen LogP contribution in [-0.2, 0) is 25.8 Å². The van der Waals surface area contributed by atoms with Gasteiger partial charge in [0.2, 0.25) is 0 Å². The van der Waals surface area contributed by atoms with Gasteiger partial charge in [-0.05, 0) is 42.0 Å². The Morgan fingerprint density at radius 1 is 0.750 bits per heavy atom. The van der Waals surface area contributed by atoms with Crippen molar-refractivity contribution in [2.45, 2.75) is 25.8 Å². The Labute approximate surface area is 137 Å². The maximum atomic E-state index is 12.7. The van der Waals surface area contributed by atoms with Crippen LogP contribution in [0.15, 0.2) is 69.9 Å². The zero-order valence-electron chi connectivity index (χ0n) is 12.8. The fourth-order valence-corrected chi connectivity index (χ4v) is 2.47. The Morgan fingerprint density at radius 3 is 1.71 bits per heavy atom. The van der Waals surface area contributed by atoms with Gasteiger partial charge in [0.05, 0.1) is 31.2 Å². The van der Waals surface area contributed by atoms with E-state index in [1.165, 1.54) is 12.1 Å². The summed E-state index contributed by atoms with van der Waals surface area (Å²) < 4.78 is 48.7. The van der Waals surface area contributed by atoms with Gasteiger partial charge in [0.15, 0.2) is 0 Å². The van der Waals surface area contributed by atoms with E-state index in [1.54, 1.807) is 24.7 Å². The summed E-state index contributed by atoms with van der Waals surface area (Å²) in [6, 6.07) is 12.5. The van der Waals surface area contributed by atoms with Crippen LogP contribution in [0.1, 0.15) is 22.6 Å². The molecule has 0 amide bonds. The van der Waals surface area contributed by atoms with E-state index < -0.39 is 11.7 Å². The van der Waals surface area contributed by atoms with Crippen molar-refractivity contribution in [3.05, 3.63) is 83.7 Å². The van der Waals surface area contributed by atoms with Crippen molar-refractivity contribution in [3.8, 4) is 0 Å². The van der Waals surface area contributed by atoms with Gasteiger partial charge in [-0.3, -0.25) is 4.90 Å². The first-order chi connectivity index (χ1) is 11.5. The van der Waals surface area contributed by atoms with E-state index in [0.29, 0.717) is 19.6 Å². The molecule has 2 heterocycles. The van der Waals surface area contributed by atoms with E-state index >= 15 is 0 Å². The van der Waals surface area contributed by atoms with Crippen molar-refractivity contribution < 1.29 is 22.0 Å². The van der Waals surface area contributed by atoms with Gasteiger partial charge in [-0.25, -0.2) is 0 Å². The molecule has 0 radical (unpaired) electrons. The molecule has 3 nitrogen and oxygen atoms in total. The Morgan fingerprint density at radius 2 is 1.29 bits per heavy atom. The van der Waals surface area contributed by atoms with Crippen LogP contribution in [0, 0.1) is 0 Å². The lowest BCUT2D eigenvalue weighted by atomic mass is 10.1. The number of nitrogens with zero attached hydrogens (tertiary/aromatic N) is 1. The molecule has 0 spiro atoms. The molecular weight excluding hydrogens is 319 g/mol. The quantitative estimate of drug-likeness (QED) is 0.628. The second-order valence-electron chi connectivity index (χ2n) is 5.50. The number of halogens is 3. The summed E-state index contributed by atoms with van der Waals surface area (Å²) in [5.41, 5.74) is 0.149. The molecule has 0 atom stereocenters. The summed E-state index contributed by atoms with van der Waals surface area (Å²) in [6.45, 7) is 1.56. The van der Waals surface area contributed by atoms with Gasteiger partial charge >= 0.3 is 6.18 Å². The normalized spacial score (nSPS) is 12.0. The first-order valence-corrected chi connectivity index (χ1v) is 7.44. The zero-order valence-corrected chi connectivity index (χ0v) is 12.8. The Hall–Kier alpha value is -2.47. The average Bonchev–Trinajstić information content (AvgIpc) is 3.21. The summed E-state index contributed by atoms with van der Waals surface area (Å²) in [7, 11) is 0. The largest absolute Gasteiger partial charge is 0.468 e. The lowest BCUT2D eigenvalue weighted by molar-refractivity contribution is -0.137. The van der Waals surface area contributed by atoms with Crippen LogP contribution in [0.3, 0.4) is 0 Å². The van der Waals surface area contributed by atoms with Crippen LogP contribution in [0.25, 0.3) is 0 Å². The Balaban J connectivity index is 1.73. The van der Waals surface area contributed by atoms with Gasteiger partial charge < -0.3 is 8.83 Å². The third-order valence-corrected chi connectivity index (χ3v) is 3.61. The van der Waals surface area contributed by atoms with Crippen molar-refractivity contribution in [2.75, 3.05) is 0 Å². The number of furan rings is 2. The molecule has 126 valence electrons. The molecule has 0 aliphatic carbocycles. The fraction of sp³-hybridized carbons (Fsp3) is 0.222. The van der Waals surface area contributed by atoms with Gasteiger partial charge in [-0.1, -0.05) is 12.1 Å². The van der Waals surface area contributed by atoms with E-state index in [4.69, 9.17) is 8.83 Å². The van der Waals surface area contributed by atoms with E-state index in [1.807, 2.05) is 17.0 Å². The van der Waals surface area contributed by atoms with Crippen LogP contribution >= 0.6 is 0 Å². The smallest absolute Gasteiger partial charge is 0.416 e. The predicted molar refractivity (Wildman–Crippen MR) is 81.8 cm³/mol. The molecule has 6 heteroatoms. The monoisotopic (exact) mass is 335 g/mol. The van der Waals surface area contributed by atoms with Crippen molar-refractivity contribution in [1.29, 1.82) is 0 Å². The minimum Gasteiger partial charge on any atom is -0.468 e. The van der Waals surface area contributed by atoms with E-state index in [2.05, 4.69) is 0 Å². The summed E-state index contributed by atoms with van der Waals surface area (Å²) in [5, 5.41) is 0. The second-order valence-corrected chi connectivity index (χ2v) is 5.50. The fourth-order valence-electron chi connectivity index (χ4n) is 2.47. The molecule has 3 aromatic rings. The van der Waals surface area contributed by atoms with E-state index in [9.17, 15) is 13.2 Å². The van der Waals surface area contributed by atoms with Crippen molar-refractivity contribution in [1.82, 2.24) is 4.90 Å². The average molecular weight is 335 g/mol. The lowest BCUT2D eigenvalue weighted by Crippen LogP contribution is -2.22. The zero-order chi connectivity index (χ0) is 17.0. The van der Waals surface area contributed by atoms with Crippen LogP contribution in [0.5, 0.6) is 0 Å². The number of hydrogen-bond donors (Lipinski definition) is 0. The Bertz CT molecular complexity index is 695. The molecular formula is C18H16F3NO2. The molecule has 0 saturated carbocycles. The third-order valence-electron chi connectivity index (χ3n) is 3.61. The van der Waals surface area contributed by atoms with Crippen LogP contribution in [0.2, 0.25) is 0 Å². The van der Waals surface area contributed by atoms with Crippen LogP contribution in [0.4, 0.5) is 13.2 Å². The highest BCUT2D eigenvalue weighted by Crippen LogP contribution is 2.29. The number of hydrogen-bond acceptors (Lipinski definition) is 3. The summed E-state index contributed by atoms with van der Waals surface area (Å²) in [6.07, 6.45) is -1.13. The van der Waals surface area contributed by atoms with E-state index in [0.717, 1.165) is 29.2 Å². The van der Waals surface area contributed by atoms with Gasteiger partial charge in [0, 0.05) is 6.54 Å². The van der Waals surface area contributed by atoms with E-state index in [-0.39, 0.29) is 0 Å². The molecule has 0 unspecified atom stereocenters. The lowest BCUT2D eigenvalue weighted by Gasteiger charge is -2.20. The van der Waals surface area contributed by atoms with Crippen molar-refractivity contribution >= 4 is 0 Å². The standard InChI is InChI=1S/C18H16F3NO2/c19-18(20,21)15-7-5-14(6-8-15)11-22(12-16-3-1-9-23-16)13-17-4-2-10-24-17/h1-10H,11-13H2. The molecule has 1 aromatic carbocycles. The molecule has 0 bridgehead atoms. The van der Waals surface area contributed by atoms with Gasteiger partial charge in [-0.2, -0.15) is 13.2 Å². The summed E-state index contributed by atoms with van der Waals surface area (Å²) in [5.74, 6) is 1.57. The molecule has 0 aliphatic heterocycles. The number of rotatable bonds is 6. The topological polar surface area (TPSA) is 29.5 Å². The molecule has 0 N–H and O–H groups in total. The SMILES string of the molecule is FC(F)(F)c1ccc(CN(Cc2ccco2)Cc2ccco2)cc1. The van der Waals surface area contributed by atoms with Gasteiger partial charge in [0.1, 0.15) is 11.5 Å². The maximum absolute atomic E-state index is 12.7. The number of benzene rings is 1. The third kappa shape index (κ3) is 4.29. The molecule has 3 rings (SSSR count). The first-order valence-electron chi connectivity index (χ1n) is 7.44. The molecule has 2 aromatic heterocycles. The highest BCUT2D eigenvalue weighted by Gasteiger charge is 2.30. The maximum Gasteiger partial charge on any atom is 0.416 e. The number of alkyl halides is 3. The highest BCUT2D eigenvalue weighted by molar-refractivity contribution is 5.24. The molecule has 0 aliphatic rings. The first kappa shape index (κ1) is 16.4. The Kier molecular flexibility index (Phi) is 4.76. The highest BCUT2D eigenvalue weighted by atomic mass is 19.4. The van der Waals surface area contributed by atoms with Crippen molar-refractivity contribution in [3.63, 3.8) is 0 Å². The minimum atomic E-state index is -4.32. The van der Waals surface area contributed by atoms with Crippen LogP contribution < -0.4 is 0 Å². The molecule has 0 fully saturated rings. The molecule has 24 heavy (non-hydrogen) atoms. The molecule has 0 saturated heterocycles. The van der Waals surface area contributed by atoms with Gasteiger partial charge in [-0.15, -0.1) is 0 Å². The summed E-state index contributed by atoms with van der Waals surface area (Å²) in [4.78, 5) is 2.04. The van der Waals surface area contributed by atoms with Gasteiger partial charge in [0.25, 0.3) is 0 Å². The van der Waals surface area contributed by atoms with Crippen LogP contribution in [-0.4, -0.2) is 4.90 Å². The predicted octanol–water partition coefficient (Wildman–Crippen LogP) is 5.09. The second kappa shape index (κ2) is 6.97. The van der Waals surface area contributed by atoms with Crippen molar-refractivity contribution in [2.24, 2.45) is 0 Å². The minimum absolute atomic E-state index is 0.486. The summed E-state index contributed by atoms with van der Waals surface area (Å²) >= 11 is 0.